The van der Waals surface area contributed by atoms with E-state index in [-0.39, 0.29) is 24.1 Å². The van der Waals surface area contributed by atoms with Crippen LogP contribution in [0, 0.1) is 11.7 Å². The van der Waals surface area contributed by atoms with E-state index in [1.807, 2.05) is 13.8 Å². The highest BCUT2D eigenvalue weighted by atomic mass is 19.1. The summed E-state index contributed by atoms with van der Waals surface area (Å²) in [7, 11) is 0. The van der Waals surface area contributed by atoms with Crippen molar-refractivity contribution in [2.75, 3.05) is 0 Å². The summed E-state index contributed by atoms with van der Waals surface area (Å²) in [5, 5.41) is 6.87. The van der Waals surface area contributed by atoms with E-state index in [9.17, 15) is 9.18 Å². The van der Waals surface area contributed by atoms with Crippen molar-refractivity contribution < 1.29 is 18.1 Å². The first-order valence-electron chi connectivity index (χ1n) is 8.48. The lowest BCUT2D eigenvalue weighted by atomic mass is 9.98. The van der Waals surface area contributed by atoms with Crippen LogP contribution in [-0.4, -0.2) is 16.0 Å². The fourth-order valence-electron chi connectivity index (χ4n) is 2.56. The summed E-state index contributed by atoms with van der Waals surface area (Å²) in [6.45, 7) is 4.02. The first-order valence-corrected chi connectivity index (χ1v) is 8.48. The van der Waals surface area contributed by atoms with Crippen molar-refractivity contribution in [3.8, 4) is 11.6 Å². The lowest BCUT2D eigenvalue weighted by molar-refractivity contribution is -0.121. The fraction of sp³-hybridized carbons (Fsp3) is 0.316. The smallest absolute Gasteiger partial charge is 0.249 e. The Hall–Kier alpha value is -2.96. The Morgan fingerprint density at radius 1 is 1.27 bits per heavy atom. The van der Waals surface area contributed by atoms with Gasteiger partial charge in [-0.05, 0) is 35.7 Å². The summed E-state index contributed by atoms with van der Waals surface area (Å²) in [6.07, 6.45) is 2.49. The Balaban J connectivity index is 1.74. The average Bonchev–Trinajstić information content (AvgIpc) is 3.32. The molecule has 7 heteroatoms. The molecule has 0 unspecified atom stereocenters. The van der Waals surface area contributed by atoms with Crippen LogP contribution in [0.15, 0.2) is 51.6 Å². The van der Waals surface area contributed by atoms with Crippen LogP contribution in [-0.2, 0) is 11.2 Å². The zero-order valence-corrected chi connectivity index (χ0v) is 14.6. The van der Waals surface area contributed by atoms with Crippen LogP contribution >= 0.6 is 0 Å². The summed E-state index contributed by atoms with van der Waals surface area (Å²) in [5.74, 6) is 0.740. The monoisotopic (exact) mass is 357 g/mol. The first-order chi connectivity index (χ1) is 12.6. The third kappa shape index (κ3) is 4.17. The number of carbonyl (C=O) groups excluding carboxylic acids is 1. The third-order valence-electron chi connectivity index (χ3n) is 4.26. The summed E-state index contributed by atoms with van der Waals surface area (Å²) in [6, 6.07) is 8.92. The Labute approximate surface area is 150 Å². The SMILES string of the molecule is CC[C@@H](C)[C@@H](NC(=O)Cc1ccc(F)cc1)c1nc(-c2ccco2)no1. The lowest BCUT2D eigenvalue weighted by Gasteiger charge is -2.20. The first kappa shape index (κ1) is 17.8. The molecule has 0 saturated heterocycles. The van der Waals surface area contributed by atoms with Crippen molar-refractivity contribution in [3.05, 3.63) is 59.9 Å². The van der Waals surface area contributed by atoms with Gasteiger partial charge in [0.05, 0.1) is 12.7 Å². The highest BCUT2D eigenvalue weighted by molar-refractivity contribution is 5.78. The second kappa shape index (κ2) is 7.95. The van der Waals surface area contributed by atoms with Gasteiger partial charge in [-0.1, -0.05) is 37.6 Å². The predicted octanol–water partition coefficient (Wildman–Crippen LogP) is 3.91. The number of hydrogen-bond donors (Lipinski definition) is 1. The molecule has 26 heavy (non-hydrogen) atoms. The molecule has 3 rings (SSSR count). The number of benzene rings is 1. The largest absolute Gasteiger partial charge is 0.461 e. The Morgan fingerprint density at radius 3 is 2.69 bits per heavy atom. The van der Waals surface area contributed by atoms with Crippen molar-refractivity contribution in [1.82, 2.24) is 15.5 Å². The quantitative estimate of drug-likeness (QED) is 0.693. The van der Waals surface area contributed by atoms with Gasteiger partial charge in [0, 0.05) is 0 Å². The number of amides is 1. The van der Waals surface area contributed by atoms with Crippen LogP contribution in [0.5, 0.6) is 0 Å². The van der Waals surface area contributed by atoms with E-state index in [4.69, 9.17) is 8.94 Å². The maximum absolute atomic E-state index is 13.0. The lowest BCUT2D eigenvalue weighted by Crippen LogP contribution is -2.33. The van der Waals surface area contributed by atoms with E-state index < -0.39 is 6.04 Å². The van der Waals surface area contributed by atoms with Crippen molar-refractivity contribution >= 4 is 5.91 Å². The Morgan fingerprint density at radius 2 is 2.04 bits per heavy atom. The second-order valence-electron chi connectivity index (χ2n) is 6.17. The van der Waals surface area contributed by atoms with Gasteiger partial charge in [-0.15, -0.1) is 0 Å². The molecule has 136 valence electrons. The normalized spacial score (nSPS) is 13.3. The summed E-state index contributed by atoms with van der Waals surface area (Å²) in [4.78, 5) is 16.8. The second-order valence-corrected chi connectivity index (χ2v) is 6.17. The average molecular weight is 357 g/mol. The Bertz CT molecular complexity index is 843. The van der Waals surface area contributed by atoms with Gasteiger partial charge in [0.2, 0.25) is 17.6 Å². The molecule has 0 bridgehead atoms. The number of hydrogen-bond acceptors (Lipinski definition) is 5. The summed E-state index contributed by atoms with van der Waals surface area (Å²) < 4.78 is 23.6. The third-order valence-corrected chi connectivity index (χ3v) is 4.26. The topological polar surface area (TPSA) is 81.2 Å². The van der Waals surface area contributed by atoms with Crippen LogP contribution in [0.3, 0.4) is 0 Å². The molecule has 0 fully saturated rings. The number of nitrogens with one attached hydrogen (secondary N) is 1. The van der Waals surface area contributed by atoms with Gasteiger partial charge in [0.15, 0.2) is 5.76 Å². The van der Waals surface area contributed by atoms with Crippen LogP contribution in [0.4, 0.5) is 4.39 Å². The number of rotatable bonds is 7. The minimum absolute atomic E-state index is 0.0945. The zero-order valence-electron chi connectivity index (χ0n) is 14.6. The molecular formula is C19H20FN3O3. The molecule has 2 heterocycles. The van der Waals surface area contributed by atoms with E-state index in [2.05, 4.69) is 15.5 Å². The minimum Gasteiger partial charge on any atom is -0.461 e. The fourth-order valence-corrected chi connectivity index (χ4v) is 2.56. The van der Waals surface area contributed by atoms with Gasteiger partial charge in [0.25, 0.3) is 0 Å². The minimum atomic E-state index is -0.413. The number of nitrogens with zero attached hydrogens (tertiary/aromatic N) is 2. The maximum atomic E-state index is 13.0. The zero-order chi connectivity index (χ0) is 18.5. The summed E-state index contributed by atoms with van der Waals surface area (Å²) >= 11 is 0. The number of carbonyl (C=O) groups is 1. The van der Waals surface area contributed by atoms with E-state index in [1.54, 1.807) is 24.3 Å². The van der Waals surface area contributed by atoms with Crippen molar-refractivity contribution in [2.24, 2.45) is 5.92 Å². The molecule has 0 aliphatic rings. The van der Waals surface area contributed by atoms with Gasteiger partial charge in [-0.2, -0.15) is 4.98 Å². The number of furan rings is 1. The van der Waals surface area contributed by atoms with Gasteiger partial charge in [-0.3, -0.25) is 4.79 Å². The van der Waals surface area contributed by atoms with Crippen LogP contribution < -0.4 is 5.32 Å². The molecule has 0 radical (unpaired) electrons. The molecule has 0 aliphatic carbocycles. The van der Waals surface area contributed by atoms with Gasteiger partial charge in [0.1, 0.15) is 11.9 Å². The molecular weight excluding hydrogens is 337 g/mol. The maximum Gasteiger partial charge on any atom is 0.249 e. The van der Waals surface area contributed by atoms with Crippen LogP contribution in [0.25, 0.3) is 11.6 Å². The highest BCUT2D eigenvalue weighted by Gasteiger charge is 2.26. The van der Waals surface area contributed by atoms with Crippen molar-refractivity contribution in [3.63, 3.8) is 0 Å². The highest BCUT2D eigenvalue weighted by Crippen LogP contribution is 2.26. The Kier molecular flexibility index (Phi) is 5.46. The van der Waals surface area contributed by atoms with E-state index >= 15 is 0 Å². The van der Waals surface area contributed by atoms with E-state index in [0.717, 1.165) is 12.0 Å². The molecule has 3 aromatic rings. The van der Waals surface area contributed by atoms with E-state index in [0.29, 0.717) is 17.5 Å². The van der Waals surface area contributed by atoms with Gasteiger partial charge >= 0.3 is 0 Å². The molecule has 1 N–H and O–H groups in total. The van der Waals surface area contributed by atoms with Gasteiger partial charge in [-0.25, -0.2) is 4.39 Å². The standard InChI is InChI=1S/C19H20FN3O3/c1-3-12(2)17(19-22-18(23-26-19)15-5-4-10-25-15)21-16(24)11-13-6-8-14(20)9-7-13/h4-10,12,17H,3,11H2,1-2H3,(H,21,24)/t12-,17-/m1/s1. The van der Waals surface area contributed by atoms with Crippen molar-refractivity contribution in [2.45, 2.75) is 32.7 Å². The van der Waals surface area contributed by atoms with Crippen molar-refractivity contribution in [1.29, 1.82) is 0 Å². The molecule has 0 spiro atoms. The van der Waals surface area contributed by atoms with Gasteiger partial charge < -0.3 is 14.3 Å². The molecule has 0 aliphatic heterocycles. The molecule has 2 atom stereocenters. The number of halogens is 1. The van der Waals surface area contributed by atoms with E-state index in [1.165, 1.54) is 18.4 Å². The summed E-state index contributed by atoms with van der Waals surface area (Å²) in [5.41, 5.74) is 0.730. The van der Waals surface area contributed by atoms with Crippen LogP contribution in [0.1, 0.15) is 37.8 Å². The molecule has 0 saturated carbocycles. The molecule has 1 amide bonds. The van der Waals surface area contributed by atoms with Crippen LogP contribution in [0.2, 0.25) is 0 Å². The molecule has 6 nitrogen and oxygen atoms in total. The number of aromatic nitrogens is 2. The molecule has 1 aromatic carbocycles. The predicted molar refractivity (Wildman–Crippen MR) is 92.4 cm³/mol. The molecule has 2 aromatic heterocycles.